The molecule has 1 aromatic carbocycles. The molecular weight excluding hydrogens is 358 g/mol. The molecule has 0 bridgehead atoms. The Morgan fingerprint density at radius 3 is 2.69 bits per heavy atom. The Labute approximate surface area is 157 Å². The van der Waals surface area contributed by atoms with Crippen molar-refractivity contribution < 1.29 is 18.8 Å². The van der Waals surface area contributed by atoms with Crippen LogP contribution in [0.2, 0.25) is 5.02 Å². The van der Waals surface area contributed by atoms with Gasteiger partial charge in [0.2, 0.25) is 5.91 Å². The maximum absolute atomic E-state index is 12.7. The number of ether oxygens (including phenoxy) is 1. The van der Waals surface area contributed by atoms with E-state index in [2.05, 4.69) is 10.5 Å². The standard InChI is InChI=1S/C18H22ClN3O4/c1-10(2)17-16(11(3)21-26-17)18(24)22(4)9-15(23)20-13-8-12(19)6-7-14(13)25-5/h6-8,10H,9H2,1-5H3,(H,20,23). The van der Waals surface area contributed by atoms with E-state index in [0.29, 0.717) is 33.5 Å². The first-order valence-corrected chi connectivity index (χ1v) is 8.47. The van der Waals surface area contributed by atoms with Gasteiger partial charge in [0, 0.05) is 18.0 Å². The zero-order valence-corrected chi connectivity index (χ0v) is 16.2. The minimum absolute atomic E-state index is 0.00750. The summed E-state index contributed by atoms with van der Waals surface area (Å²) in [5.74, 6) is 0.306. The minimum Gasteiger partial charge on any atom is -0.495 e. The second-order valence-corrected chi connectivity index (χ2v) is 6.65. The summed E-state index contributed by atoms with van der Waals surface area (Å²) >= 11 is 5.96. The van der Waals surface area contributed by atoms with Gasteiger partial charge in [0.15, 0.2) is 5.76 Å². The number of amides is 2. The molecule has 2 rings (SSSR count). The fraction of sp³-hybridized carbons (Fsp3) is 0.389. The number of anilines is 1. The van der Waals surface area contributed by atoms with E-state index in [1.54, 1.807) is 32.2 Å². The number of methoxy groups -OCH3 is 1. The van der Waals surface area contributed by atoms with Crippen molar-refractivity contribution in [2.45, 2.75) is 26.7 Å². The third-order valence-electron chi connectivity index (χ3n) is 3.79. The monoisotopic (exact) mass is 379 g/mol. The molecule has 0 aliphatic carbocycles. The van der Waals surface area contributed by atoms with Gasteiger partial charge in [0.1, 0.15) is 11.3 Å². The topological polar surface area (TPSA) is 84.7 Å². The Kier molecular flexibility index (Phi) is 6.26. The molecule has 0 fully saturated rings. The highest BCUT2D eigenvalue weighted by Crippen LogP contribution is 2.28. The van der Waals surface area contributed by atoms with Crippen molar-refractivity contribution in [1.29, 1.82) is 0 Å². The fourth-order valence-electron chi connectivity index (χ4n) is 2.49. The molecular formula is C18H22ClN3O4. The molecule has 1 heterocycles. The number of carbonyl (C=O) groups excluding carboxylic acids is 2. The molecule has 1 N–H and O–H groups in total. The number of nitrogens with zero attached hydrogens (tertiary/aromatic N) is 2. The van der Waals surface area contributed by atoms with Crippen molar-refractivity contribution in [3.63, 3.8) is 0 Å². The zero-order chi connectivity index (χ0) is 19.4. The molecule has 0 aliphatic rings. The van der Waals surface area contributed by atoms with E-state index in [1.165, 1.54) is 12.0 Å². The van der Waals surface area contributed by atoms with Crippen LogP contribution in [0.1, 0.15) is 41.6 Å². The number of carbonyl (C=O) groups is 2. The van der Waals surface area contributed by atoms with Crippen molar-refractivity contribution >= 4 is 29.1 Å². The van der Waals surface area contributed by atoms with Crippen molar-refractivity contribution in [1.82, 2.24) is 10.1 Å². The second kappa shape index (κ2) is 8.23. The van der Waals surface area contributed by atoms with Gasteiger partial charge in [-0.2, -0.15) is 0 Å². The Morgan fingerprint density at radius 2 is 2.08 bits per heavy atom. The Hall–Kier alpha value is -2.54. The molecule has 2 aromatic rings. The van der Waals surface area contributed by atoms with Gasteiger partial charge in [-0.3, -0.25) is 9.59 Å². The van der Waals surface area contributed by atoms with E-state index in [1.807, 2.05) is 13.8 Å². The number of aryl methyl sites for hydroxylation is 1. The molecule has 0 spiro atoms. The molecule has 1 aromatic heterocycles. The average molecular weight is 380 g/mol. The maximum atomic E-state index is 12.7. The first-order chi connectivity index (χ1) is 12.2. The van der Waals surface area contributed by atoms with Crippen LogP contribution in [0.5, 0.6) is 5.75 Å². The summed E-state index contributed by atoms with van der Waals surface area (Å²) in [5, 5.41) is 7.04. The number of halogens is 1. The van der Waals surface area contributed by atoms with Gasteiger partial charge in [0.05, 0.1) is 25.0 Å². The Morgan fingerprint density at radius 1 is 1.38 bits per heavy atom. The third kappa shape index (κ3) is 4.35. The summed E-state index contributed by atoms with van der Waals surface area (Å²) in [7, 11) is 3.05. The predicted molar refractivity (Wildman–Crippen MR) is 98.9 cm³/mol. The molecule has 7 nitrogen and oxygen atoms in total. The highest BCUT2D eigenvalue weighted by atomic mass is 35.5. The highest BCUT2D eigenvalue weighted by Gasteiger charge is 2.26. The molecule has 0 aliphatic heterocycles. The van der Waals surface area contributed by atoms with Crippen LogP contribution in [-0.4, -0.2) is 42.6 Å². The number of likely N-dealkylation sites (N-methyl/N-ethyl adjacent to an activating group) is 1. The molecule has 0 saturated heterocycles. The highest BCUT2D eigenvalue weighted by molar-refractivity contribution is 6.31. The zero-order valence-electron chi connectivity index (χ0n) is 15.4. The second-order valence-electron chi connectivity index (χ2n) is 6.22. The van der Waals surface area contributed by atoms with E-state index >= 15 is 0 Å². The Bertz CT molecular complexity index is 817. The number of hydrogen-bond donors (Lipinski definition) is 1. The van der Waals surface area contributed by atoms with Crippen LogP contribution < -0.4 is 10.1 Å². The molecule has 140 valence electrons. The van der Waals surface area contributed by atoms with Gasteiger partial charge in [-0.1, -0.05) is 30.6 Å². The van der Waals surface area contributed by atoms with E-state index in [-0.39, 0.29) is 24.3 Å². The molecule has 8 heteroatoms. The van der Waals surface area contributed by atoms with Gasteiger partial charge in [-0.05, 0) is 25.1 Å². The molecule has 0 saturated carbocycles. The largest absolute Gasteiger partial charge is 0.495 e. The summed E-state index contributed by atoms with van der Waals surface area (Å²) in [6.45, 7) is 5.38. The van der Waals surface area contributed by atoms with Gasteiger partial charge in [-0.15, -0.1) is 0 Å². The first kappa shape index (κ1) is 19.8. The number of rotatable bonds is 6. The van der Waals surface area contributed by atoms with Crippen LogP contribution >= 0.6 is 11.6 Å². The lowest BCUT2D eigenvalue weighted by atomic mass is 10.0. The summed E-state index contributed by atoms with van der Waals surface area (Å²) in [5.41, 5.74) is 1.34. The number of hydrogen-bond acceptors (Lipinski definition) is 5. The number of benzene rings is 1. The van der Waals surface area contributed by atoms with E-state index in [4.69, 9.17) is 20.9 Å². The fourth-order valence-corrected chi connectivity index (χ4v) is 2.66. The lowest BCUT2D eigenvalue weighted by molar-refractivity contribution is -0.116. The predicted octanol–water partition coefficient (Wildman–Crippen LogP) is 3.48. The molecule has 0 radical (unpaired) electrons. The van der Waals surface area contributed by atoms with Crippen LogP contribution in [0.25, 0.3) is 0 Å². The average Bonchev–Trinajstić information content (AvgIpc) is 2.96. The number of aromatic nitrogens is 1. The summed E-state index contributed by atoms with van der Waals surface area (Å²) in [6, 6.07) is 4.90. The van der Waals surface area contributed by atoms with Crippen LogP contribution in [0.3, 0.4) is 0 Å². The smallest absolute Gasteiger partial charge is 0.259 e. The van der Waals surface area contributed by atoms with Crippen molar-refractivity contribution in [2.75, 3.05) is 26.0 Å². The maximum Gasteiger partial charge on any atom is 0.259 e. The summed E-state index contributed by atoms with van der Waals surface area (Å²) in [6.07, 6.45) is 0. The van der Waals surface area contributed by atoms with Crippen molar-refractivity contribution in [3.8, 4) is 5.75 Å². The molecule has 2 amide bonds. The van der Waals surface area contributed by atoms with Crippen LogP contribution in [0.15, 0.2) is 22.7 Å². The summed E-state index contributed by atoms with van der Waals surface area (Å²) < 4.78 is 10.4. The quantitative estimate of drug-likeness (QED) is 0.830. The third-order valence-corrected chi connectivity index (χ3v) is 4.03. The first-order valence-electron chi connectivity index (χ1n) is 8.09. The van der Waals surface area contributed by atoms with E-state index < -0.39 is 0 Å². The molecule has 0 unspecified atom stereocenters. The van der Waals surface area contributed by atoms with E-state index in [9.17, 15) is 9.59 Å². The van der Waals surface area contributed by atoms with Gasteiger partial charge >= 0.3 is 0 Å². The normalized spacial score (nSPS) is 10.7. The van der Waals surface area contributed by atoms with Crippen LogP contribution in [0.4, 0.5) is 5.69 Å². The molecule has 0 atom stereocenters. The Balaban J connectivity index is 2.11. The van der Waals surface area contributed by atoms with E-state index in [0.717, 1.165) is 0 Å². The lowest BCUT2D eigenvalue weighted by Crippen LogP contribution is -2.35. The molecule has 26 heavy (non-hydrogen) atoms. The van der Waals surface area contributed by atoms with Crippen molar-refractivity contribution in [3.05, 3.63) is 40.2 Å². The SMILES string of the molecule is COc1ccc(Cl)cc1NC(=O)CN(C)C(=O)c1c(C)noc1C(C)C. The van der Waals surface area contributed by atoms with Crippen LogP contribution in [-0.2, 0) is 4.79 Å². The lowest BCUT2D eigenvalue weighted by Gasteiger charge is -2.18. The minimum atomic E-state index is -0.373. The van der Waals surface area contributed by atoms with Crippen LogP contribution in [0, 0.1) is 6.92 Å². The summed E-state index contributed by atoms with van der Waals surface area (Å²) in [4.78, 5) is 26.4. The van der Waals surface area contributed by atoms with Gasteiger partial charge in [-0.25, -0.2) is 0 Å². The van der Waals surface area contributed by atoms with Crippen molar-refractivity contribution in [2.24, 2.45) is 0 Å². The number of nitrogens with one attached hydrogen (secondary N) is 1. The van der Waals surface area contributed by atoms with Gasteiger partial charge < -0.3 is 19.5 Å². The van der Waals surface area contributed by atoms with Gasteiger partial charge in [0.25, 0.3) is 5.91 Å².